The normalized spacial score (nSPS) is 16.9. The second kappa shape index (κ2) is 3.76. The van der Waals surface area contributed by atoms with E-state index < -0.39 is 0 Å². The van der Waals surface area contributed by atoms with E-state index in [1.807, 2.05) is 31.2 Å². The standard InChI is InChI=1S/C14H18N2O/c1-13(2,3)9-12(17)10-5-7-11(8-6-10)14(4)15-16-14/h5-8H,9H2,1-4H3. The fourth-order valence-corrected chi connectivity index (χ4v) is 1.75. The molecule has 1 aromatic carbocycles. The van der Waals surface area contributed by atoms with Crippen LogP contribution < -0.4 is 0 Å². The quantitative estimate of drug-likeness (QED) is 0.725. The van der Waals surface area contributed by atoms with E-state index >= 15 is 0 Å². The van der Waals surface area contributed by atoms with Crippen LogP contribution in [-0.2, 0) is 5.66 Å². The first-order chi connectivity index (χ1) is 7.80. The van der Waals surface area contributed by atoms with Gasteiger partial charge in [-0.15, -0.1) is 0 Å². The molecule has 0 spiro atoms. The molecule has 0 unspecified atom stereocenters. The highest BCUT2D eigenvalue weighted by Crippen LogP contribution is 2.38. The molecule has 17 heavy (non-hydrogen) atoms. The smallest absolute Gasteiger partial charge is 0.213 e. The van der Waals surface area contributed by atoms with E-state index in [0.717, 1.165) is 11.1 Å². The second-order valence-electron chi connectivity index (χ2n) is 5.96. The number of Topliss-reactive ketones (excluding diaryl/α,β-unsaturated/α-hetero) is 1. The number of hydrogen-bond acceptors (Lipinski definition) is 3. The highest BCUT2D eigenvalue weighted by Gasteiger charge is 2.35. The summed E-state index contributed by atoms with van der Waals surface area (Å²) in [6, 6.07) is 7.63. The molecule has 0 saturated heterocycles. The Balaban J connectivity index is 2.10. The molecule has 0 atom stereocenters. The zero-order valence-corrected chi connectivity index (χ0v) is 10.8. The Morgan fingerprint density at radius 1 is 1.18 bits per heavy atom. The lowest BCUT2D eigenvalue weighted by atomic mass is 9.87. The number of hydrogen-bond donors (Lipinski definition) is 0. The molecule has 0 amide bonds. The number of benzene rings is 1. The molecule has 0 saturated carbocycles. The van der Waals surface area contributed by atoms with Crippen molar-refractivity contribution in [2.45, 2.75) is 39.8 Å². The van der Waals surface area contributed by atoms with E-state index in [2.05, 4.69) is 31.0 Å². The van der Waals surface area contributed by atoms with Crippen molar-refractivity contribution < 1.29 is 4.79 Å². The van der Waals surface area contributed by atoms with Crippen LogP contribution in [-0.4, -0.2) is 5.78 Å². The molecule has 0 fully saturated rings. The van der Waals surface area contributed by atoms with Gasteiger partial charge in [0.05, 0.1) is 0 Å². The Hall–Kier alpha value is -1.51. The van der Waals surface area contributed by atoms with E-state index in [9.17, 15) is 4.79 Å². The third-order valence-electron chi connectivity index (χ3n) is 2.84. The first-order valence-electron chi connectivity index (χ1n) is 5.88. The minimum atomic E-state index is -0.356. The van der Waals surface area contributed by atoms with E-state index in [4.69, 9.17) is 0 Å². The number of ketones is 1. The number of rotatable bonds is 3. The van der Waals surface area contributed by atoms with Crippen LogP contribution in [0.15, 0.2) is 34.5 Å². The molecule has 1 aliphatic rings. The monoisotopic (exact) mass is 230 g/mol. The average molecular weight is 230 g/mol. The van der Waals surface area contributed by atoms with Crippen LogP contribution >= 0.6 is 0 Å². The van der Waals surface area contributed by atoms with Gasteiger partial charge in [-0.2, -0.15) is 10.2 Å². The number of carbonyl (C=O) groups is 1. The van der Waals surface area contributed by atoms with Crippen LogP contribution in [0, 0.1) is 5.41 Å². The summed E-state index contributed by atoms with van der Waals surface area (Å²) in [7, 11) is 0. The molecule has 0 bridgehead atoms. The summed E-state index contributed by atoms with van der Waals surface area (Å²) < 4.78 is 0. The maximum atomic E-state index is 12.0. The molecule has 2 rings (SSSR count). The largest absolute Gasteiger partial charge is 0.294 e. The van der Waals surface area contributed by atoms with Crippen molar-refractivity contribution in [1.29, 1.82) is 0 Å². The minimum Gasteiger partial charge on any atom is -0.294 e. The van der Waals surface area contributed by atoms with Crippen molar-refractivity contribution in [3.05, 3.63) is 35.4 Å². The molecule has 0 aliphatic carbocycles. The maximum absolute atomic E-state index is 12.0. The van der Waals surface area contributed by atoms with E-state index in [1.165, 1.54) is 0 Å². The Morgan fingerprint density at radius 2 is 1.71 bits per heavy atom. The molecule has 3 nitrogen and oxygen atoms in total. The van der Waals surface area contributed by atoms with E-state index in [0.29, 0.717) is 6.42 Å². The SMILES string of the molecule is CC(C)(C)CC(=O)c1ccc(C2(C)N=N2)cc1. The predicted octanol–water partition coefficient (Wildman–Crippen LogP) is 3.94. The van der Waals surface area contributed by atoms with Gasteiger partial charge in [0.1, 0.15) is 0 Å². The zero-order valence-electron chi connectivity index (χ0n) is 10.8. The lowest BCUT2D eigenvalue weighted by Crippen LogP contribution is -2.13. The van der Waals surface area contributed by atoms with Crippen LogP contribution in [0.5, 0.6) is 0 Å². The highest BCUT2D eigenvalue weighted by atomic mass is 16.1. The molecule has 1 heterocycles. The van der Waals surface area contributed by atoms with Gasteiger partial charge in [0, 0.05) is 17.5 Å². The number of carbonyl (C=O) groups excluding carboxylic acids is 1. The Kier molecular flexibility index (Phi) is 2.64. The Morgan fingerprint density at radius 3 is 2.12 bits per heavy atom. The molecule has 1 aliphatic heterocycles. The molecule has 0 aromatic heterocycles. The third kappa shape index (κ3) is 2.78. The Bertz CT molecular complexity index is 460. The second-order valence-corrected chi connectivity index (χ2v) is 5.96. The Labute approximate surface area is 102 Å². The van der Waals surface area contributed by atoms with Crippen LogP contribution in [0.2, 0.25) is 0 Å². The van der Waals surface area contributed by atoms with Gasteiger partial charge < -0.3 is 0 Å². The van der Waals surface area contributed by atoms with Crippen molar-refractivity contribution in [1.82, 2.24) is 0 Å². The van der Waals surface area contributed by atoms with Crippen LogP contribution in [0.4, 0.5) is 0 Å². The van der Waals surface area contributed by atoms with Gasteiger partial charge >= 0.3 is 0 Å². The van der Waals surface area contributed by atoms with Gasteiger partial charge in [-0.05, 0) is 12.3 Å². The molecule has 0 N–H and O–H groups in total. The van der Waals surface area contributed by atoms with Crippen molar-refractivity contribution in [2.24, 2.45) is 15.6 Å². The van der Waals surface area contributed by atoms with Crippen molar-refractivity contribution in [3.63, 3.8) is 0 Å². The van der Waals surface area contributed by atoms with Crippen molar-refractivity contribution in [3.8, 4) is 0 Å². The van der Waals surface area contributed by atoms with Gasteiger partial charge in [0.25, 0.3) is 0 Å². The van der Waals surface area contributed by atoms with Crippen LogP contribution in [0.25, 0.3) is 0 Å². The fourth-order valence-electron chi connectivity index (χ4n) is 1.75. The summed E-state index contributed by atoms with van der Waals surface area (Å²) in [6.45, 7) is 8.17. The topological polar surface area (TPSA) is 41.8 Å². The molecular weight excluding hydrogens is 212 g/mol. The van der Waals surface area contributed by atoms with Crippen LogP contribution in [0.1, 0.15) is 50.0 Å². The van der Waals surface area contributed by atoms with Gasteiger partial charge in [0.15, 0.2) is 5.78 Å². The maximum Gasteiger partial charge on any atom is 0.213 e. The first kappa shape index (κ1) is 12.0. The van der Waals surface area contributed by atoms with Gasteiger partial charge in [-0.1, -0.05) is 45.0 Å². The molecule has 3 heteroatoms. The van der Waals surface area contributed by atoms with E-state index in [-0.39, 0.29) is 16.9 Å². The van der Waals surface area contributed by atoms with Gasteiger partial charge in [0.2, 0.25) is 5.66 Å². The summed E-state index contributed by atoms with van der Waals surface area (Å²) in [5.41, 5.74) is 1.49. The van der Waals surface area contributed by atoms with E-state index in [1.54, 1.807) is 0 Å². The molecule has 90 valence electrons. The molecular formula is C14H18N2O. The van der Waals surface area contributed by atoms with Crippen LogP contribution in [0.3, 0.4) is 0 Å². The first-order valence-corrected chi connectivity index (χ1v) is 5.88. The van der Waals surface area contributed by atoms with Crippen molar-refractivity contribution >= 4 is 5.78 Å². The number of nitrogens with zero attached hydrogens (tertiary/aromatic N) is 2. The predicted molar refractivity (Wildman–Crippen MR) is 67.1 cm³/mol. The summed E-state index contributed by atoms with van der Waals surface area (Å²) in [5.74, 6) is 0.193. The fraction of sp³-hybridized carbons (Fsp3) is 0.500. The lowest BCUT2D eigenvalue weighted by molar-refractivity contribution is 0.0940. The van der Waals surface area contributed by atoms with Crippen molar-refractivity contribution in [2.75, 3.05) is 0 Å². The third-order valence-corrected chi connectivity index (χ3v) is 2.84. The minimum absolute atomic E-state index is 0.0306. The highest BCUT2D eigenvalue weighted by molar-refractivity contribution is 5.96. The van der Waals surface area contributed by atoms with Gasteiger partial charge in [-0.3, -0.25) is 4.79 Å². The summed E-state index contributed by atoms with van der Waals surface area (Å²) >= 11 is 0. The summed E-state index contributed by atoms with van der Waals surface area (Å²) in [4.78, 5) is 12.0. The lowest BCUT2D eigenvalue weighted by Gasteiger charge is -2.16. The summed E-state index contributed by atoms with van der Waals surface area (Å²) in [5, 5.41) is 7.96. The zero-order chi connectivity index (χ0) is 12.7. The van der Waals surface area contributed by atoms with Gasteiger partial charge in [-0.25, -0.2) is 0 Å². The summed E-state index contributed by atoms with van der Waals surface area (Å²) in [6.07, 6.45) is 0.568. The molecule has 1 aromatic rings. The molecule has 0 radical (unpaired) electrons. The average Bonchev–Trinajstić information content (AvgIpc) is 2.96.